The molecule has 1 aliphatic heterocycles. The molecular weight excluding hydrogens is 294 g/mol. The van der Waals surface area contributed by atoms with Crippen LogP contribution < -0.4 is 14.8 Å². The van der Waals surface area contributed by atoms with Crippen LogP contribution in [0.1, 0.15) is 26.3 Å². The minimum Gasteiger partial charge on any atom is -0.446 e. The van der Waals surface area contributed by atoms with Gasteiger partial charge in [0.25, 0.3) is 0 Å². The number of hydrogen-bond donors (Lipinski definition) is 2. The Labute approximate surface area is 124 Å². The number of anilines is 2. The van der Waals surface area contributed by atoms with E-state index >= 15 is 0 Å². The number of benzene rings is 1. The summed E-state index contributed by atoms with van der Waals surface area (Å²) in [6.45, 7) is 5.05. The van der Waals surface area contributed by atoms with Crippen molar-refractivity contribution in [3.8, 4) is 0 Å². The Bertz CT molecular complexity index is 657. The quantitative estimate of drug-likeness (QED) is 0.821. The van der Waals surface area contributed by atoms with Crippen molar-refractivity contribution in [3.63, 3.8) is 0 Å². The van der Waals surface area contributed by atoms with Gasteiger partial charge in [-0.3, -0.25) is 0 Å². The summed E-state index contributed by atoms with van der Waals surface area (Å²) >= 11 is 0. The minimum atomic E-state index is -4.01. The third kappa shape index (κ3) is 3.21. The summed E-state index contributed by atoms with van der Waals surface area (Å²) in [7, 11) is -4.01. The molecule has 1 aromatic carbocycles. The highest BCUT2D eigenvalue weighted by Crippen LogP contribution is 2.35. The number of ether oxygens (including phenoxy) is 1. The third-order valence-corrected chi connectivity index (χ3v) is 4.57. The van der Waals surface area contributed by atoms with Crippen molar-refractivity contribution in [2.45, 2.75) is 39.3 Å². The second kappa shape index (κ2) is 5.44. The summed E-state index contributed by atoms with van der Waals surface area (Å²) in [5, 5.41) is 0. The first-order valence-corrected chi connectivity index (χ1v) is 8.06. The van der Waals surface area contributed by atoms with Gasteiger partial charge in [-0.25, -0.2) is 13.8 Å². The second-order valence-electron chi connectivity index (χ2n) is 5.30. The minimum absolute atomic E-state index is 0.300. The molecule has 2 rings (SSSR count). The Kier molecular flexibility index (Phi) is 3.99. The number of nitrogens with two attached hydrogens (primary N) is 1. The van der Waals surface area contributed by atoms with Crippen LogP contribution >= 0.6 is 0 Å². The van der Waals surface area contributed by atoms with Crippen LogP contribution in [0.3, 0.4) is 0 Å². The average Bonchev–Trinajstić information content (AvgIpc) is 2.62. The summed E-state index contributed by atoms with van der Waals surface area (Å²) in [6, 6.07) is 4.71. The molecule has 7 nitrogen and oxygen atoms in total. The van der Waals surface area contributed by atoms with Crippen molar-refractivity contribution in [3.05, 3.63) is 23.8 Å². The topological polar surface area (TPSA) is 102 Å². The van der Waals surface area contributed by atoms with Gasteiger partial charge in [0.15, 0.2) is 0 Å². The molecular formula is C13H19N3O4S. The Morgan fingerprint density at radius 2 is 2.14 bits per heavy atom. The van der Waals surface area contributed by atoms with E-state index in [1.54, 1.807) is 39.0 Å². The average molecular weight is 313 g/mol. The molecule has 0 aromatic heterocycles. The van der Waals surface area contributed by atoms with Gasteiger partial charge in [0.05, 0.1) is 11.8 Å². The number of rotatable bonds is 3. The van der Waals surface area contributed by atoms with Gasteiger partial charge >= 0.3 is 16.3 Å². The lowest BCUT2D eigenvalue weighted by Crippen LogP contribution is -2.46. The first-order chi connectivity index (χ1) is 9.70. The normalized spacial score (nSPS) is 17.7. The van der Waals surface area contributed by atoms with Gasteiger partial charge in [0.2, 0.25) is 0 Å². The van der Waals surface area contributed by atoms with Gasteiger partial charge < -0.3 is 10.5 Å². The van der Waals surface area contributed by atoms with Gasteiger partial charge in [0, 0.05) is 11.7 Å². The Morgan fingerprint density at radius 3 is 2.76 bits per heavy atom. The lowest BCUT2D eigenvalue weighted by Gasteiger charge is -2.24. The molecule has 3 N–H and O–H groups in total. The molecule has 0 fully saturated rings. The third-order valence-electron chi connectivity index (χ3n) is 3.07. The van der Waals surface area contributed by atoms with Crippen molar-refractivity contribution < 1.29 is 17.9 Å². The van der Waals surface area contributed by atoms with E-state index in [-0.39, 0.29) is 6.04 Å². The Hall–Kier alpha value is -1.96. The summed E-state index contributed by atoms with van der Waals surface area (Å²) in [5.41, 5.74) is 7.65. The van der Waals surface area contributed by atoms with Crippen molar-refractivity contribution in [1.29, 1.82) is 0 Å². The molecule has 8 heteroatoms. The van der Waals surface area contributed by atoms with Gasteiger partial charge in [-0.15, -0.1) is 0 Å². The van der Waals surface area contributed by atoms with Crippen molar-refractivity contribution in [1.82, 2.24) is 4.72 Å². The van der Waals surface area contributed by atoms with Crippen LogP contribution in [0.4, 0.5) is 16.2 Å². The van der Waals surface area contributed by atoms with E-state index < -0.39 is 22.4 Å². The smallest absolute Gasteiger partial charge is 0.422 e. The van der Waals surface area contributed by atoms with E-state index in [2.05, 4.69) is 0 Å². The second-order valence-corrected chi connectivity index (χ2v) is 6.85. The molecule has 0 aliphatic carbocycles. The van der Waals surface area contributed by atoms with E-state index in [1.165, 1.54) is 4.31 Å². The monoisotopic (exact) mass is 313 g/mol. The van der Waals surface area contributed by atoms with Crippen LogP contribution in [0.2, 0.25) is 0 Å². The largest absolute Gasteiger partial charge is 0.446 e. The maximum Gasteiger partial charge on any atom is 0.422 e. The molecule has 0 spiro atoms. The van der Waals surface area contributed by atoms with Crippen molar-refractivity contribution in [2.24, 2.45) is 0 Å². The first kappa shape index (κ1) is 15.4. The standard InChI is InChI=1S/C13H19N3O4S/c1-8(2)20-13(17)15-21(18,19)16-9(3)6-10-7-11(14)4-5-12(10)16/h4-5,7-9H,6,14H2,1-3H3,(H,15,17). The number of fused-ring (bicyclic) bond motifs is 1. The number of hydrogen-bond acceptors (Lipinski definition) is 5. The fourth-order valence-corrected chi connectivity index (χ4v) is 3.72. The van der Waals surface area contributed by atoms with Gasteiger partial charge in [-0.2, -0.15) is 8.42 Å². The van der Waals surface area contributed by atoms with E-state index in [0.29, 0.717) is 17.8 Å². The van der Waals surface area contributed by atoms with E-state index in [9.17, 15) is 13.2 Å². The van der Waals surface area contributed by atoms with Crippen LogP contribution in [0, 0.1) is 0 Å². The van der Waals surface area contributed by atoms with Gasteiger partial charge in [-0.05, 0) is 51.0 Å². The number of nitrogen functional groups attached to an aromatic ring is 1. The molecule has 1 unspecified atom stereocenters. The van der Waals surface area contributed by atoms with Gasteiger partial charge in [0.1, 0.15) is 0 Å². The number of carbonyl (C=O) groups is 1. The van der Waals surface area contributed by atoms with Crippen LogP contribution in [0.15, 0.2) is 18.2 Å². The maximum atomic E-state index is 12.4. The number of amides is 1. The molecule has 1 aromatic rings. The SMILES string of the molecule is CC(C)OC(=O)NS(=O)(=O)N1c2ccc(N)cc2CC1C. The maximum absolute atomic E-state index is 12.4. The van der Waals surface area contributed by atoms with Crippen molar-refractivity contribution in [2.75, 3.05) is 10.0 Å². The lowest BCUT2D eigenvalue weighted by atomic mass is 10.1. The molecule has 0 bridgehead atoms. The summed E-state index contributed by atoms with van der Waals surface area (Å²) in [6.07, 6.45) is -0.843. The fourth-order valence-electron chi connectivity index (χ4n) is 2.38. The van der Waals surface area contributed by atoms with Crippen molar-refractivity contribution >= 4 is 27.7 Å². The summed E-state index contributed by atoms with van der Waals surface area (Å²) < 4.78 is 32.6. The molecule has 1 amide bonds. The highest BCUT2D eigenvalue weighted by Gasteiger charge is 2.36. The molecule has 1 heterocycles. The summed E-state index contributed by atoms with van der Waals surface area (Å²) in [4.78, 5) is 11.5. The highest BCUT2D eigenvalue weighted by molar-refractivity contribution is 7.91. The Morgan fingerprint density at radius 1 is 1.48 bits per heavy atom. The van der Waals surface area contributed by atoms with Crippen LogP contribution in [-0.2, 0) is 21.4 Å². The van der Waals surface area contributed by atoms with Crippen LogP contribution in [0.5, 0.6) is 0 Å². The molecule has 21 heavy (non-hydrogen) atoms. The van der Waals surface area contributed by atoms with Crippen LogP contribution in [-0.4, -0.2) is 26.7 Å². The Balaban J connectivity index is 2.27. The first-order valence-electron chi connectivity index (χ1n) is 6.62. The number of nitrogens with zero attached hydrogens (tertiary/aromatic N) is 1. The molecule has 1 atom stereocenters. The number of carbonyl (C=O) groups excluding carboxylic acids is 1. The molecule has 0 radical (unpaired) electrons. The zero-order valence-corrected chi connectivity index (χ0v) is 13.0. The predicted octanol–water partition coefficient (Wildman–Crippen LogP) is 1.40. The van der Waals surface area contributed by atoms with E-state index in [4.69, 9.17) is 10.5 Å². The number of nitrogens with one attached hydrogen (secondary N) is 1. The molecule has 116 valence electrons. The fraction of sp³-hybridized carbons (Fsp3) is 0.462. The molecule has 1 aliphatic rings. The van der Waals surface area contributed by atoms with E-state index in [1.807, 2.05) is 4.72 Å². The zero-order chi connectivity index (χ0) is 15.8. The zero-order valence-electron chi connectivity index (χ0n) is 12.2. The predicted molar refractivity (Wildman–Crippen MR) is 80.2 cm³/mol. The highest BCUT2D eigenvalue weighted by atomic mass is 32.2. The van der Waals surface area contributed by atoms with Crippen LogP contribution in [0.25, 0.3) is 0 Å². The lowest BCUT2D eigenvalue weighted by molar-refractivity contribution is 0.121. The summed E-state index contributed by atoms with van der Waals surface area (Å²) in [5.74, 6) is 0. The molecule has 0 saturated heterocycles. The van der Waals surface area contributed by atoms with E-state index in [0.717, 1.165) is 5.56 Å². The molecule has 0 saturated carbocycles. The van der Waals surface area contributed by atoms with Gasteiger partial charge in [-0.1, -0.05) is 0 Å².